The van der Waals surface area contributed by atoms with Crippen LogP contribution in [0.25, 0.3) is 0 Å². The smallest absolute Gasteiger partial charge is 0.416 e. The molecular weight excluding hydrogens is 486 g/mol. The van der Waals surface area contributed by atoms with Gasteiger partial charge in [0, 0.05) is 18.6 Å². The van der Waals surface area contributed by atoms with Gasteiger partial charge in [0.05, 0.1) is 22.9 Å². The Morgan fingerprint density at radius 2 is 1.64 bits per heavy atom. The highest BCUT2D eigenvalue weighted by molar-refractivity contribution is 5.90. The molecule has 1 amide bonds. The first-order chi connectivity index (χ1) is 16.6. The van der Waals surface area contributed by atoms with Gasteiger partial charge in [-0.15, -0.1) is 0 Å². The minimum absolute atomic E-state index is 0.0939. The van der Waals surface area contributed by atoms with Crippen molar-refractivity contribution in [1.29, 1.82) is 0 Å². The molecule has 0 saturated heterocycles. The van der Waals surface area contributed by atoms with Crippen LogP contribution in [0, 0.1) is 6.92 Å². The number of halogens is 6. The van der Waals surface area contributed by atoms with Crippen LogP contribution in [-0.4, -0.2) is 30.2 Å². The highest BCUT2D eigenvalue weighted by atomic mass is 19.4. The number of hydrogen-bond acceptors (Lipinski definition) is 3. The second-order valence-electron chi connectivity index (χ2n) is 9.51. The molecule has 36 heavy (non-hydrogen) atoms. The summed E-state index contributed by atoms with van der Waals surface area (Å²) < 4.78 is 85.5. The highest BCUT2D eigenvalue weighted by Gasteiger charge is 2.39. The fourth-order valence-corrected chi connectivity index (χ4v) is 4.63. The molecule has 0 spiro atoms. The maximum atomic E-state index is 13.3. The predicted molar refractivity (Wildman–Crippen MR) is 125 cm³/mol. The molecule has 1 aliphatic heterocycles. The van der Waals surface area contributed by atoms with Crippen molar-refractivity contribution in [3.8, 4) is 0 Å². The van der Waals surface area contributed by atoms with E-state index in [2.05, 4.69) is 0 Å². The topological polar surface area (TPSA) is 32.8 Å². The molecular formula is C26H30F6N2O2. The van der Waals surface area contributed by atoms with Crippen molar-refractivity contribution in [3.63, 3.8) is 0 Å². The molecule has 0 radical (unpaired) electrons. The lowest BCUT2D eigenvalue weighted by atomic mass is 9.88. The van der Waals surface area contributed by atoms with Gasteiger partial charge < -0.3 is 4.74 Å². The van der Waals surface area contributed by atoms with Crippen LogP contribution in [0.1, 0.15) is 67.5 Å². The summed E-state index contributed by atoms with van der Waals surface area (Å²) in [7, 11) is 1.67. The molecule has 0 N–H and O–H groups in total. The molecule has 2 aromatic carbocycles. The first-order valence-corrected chi connectivity index (χ1v) is 11.7. The van der Waals surface area contributed by atoms with Crippen LogP contribution in [0.15, 0.2) is 36.4 Å². The molecule has 0 aliphatic carbocycles. The number of fused-ring (bicyclic) bond motifs is 1. The van der Waals surface area contributed by atoms with Gasteiger partial charge in [-0.25, -0.2) is 4.79 Å². The van der Waals surface area contributed by atoms with Crippen LogP contribution in [0.4, 0.5) is 36.8 Å². The van der Waals surface area contributed by atoms with Crippen LogP contribution < -0.4 is 4.90 Å². The van der Waals surface area contributed by atoms with Crippen molar-refractivity contribution in [1.82, 2.24) is 4.90 Å². The number of carbonyl (C=O) groups is 1. The minimum atomic E-state index is -4.91. The number of hydrogen-bond donors (Lipinski definition) is 0. The third-order valence-electron chi connectivity index (χ3n) is 6.28. The molecule has 0 aromatic heterocycles. The van der Waals surface area contributed by atoms with E-state index in [1.165, 1.54) is 0 Å². The quantitative estimate of drug-likeness (QED) is 0.381. The first-order valence-electron chi connectivity index (χ1n) is 11.7. The van der Waals surface area contributed by atoms with Crippen LogP contribution in [0.5, 0.6) is 0 Å². The SMILES string of the molecule is CC[C@@H]1C[C@H](N(C)Cc2cc(C(F)(F)F)cc(C(F)(F)F)c2)c2cc(C)ccc2N1C(=O)OC(C)C. The van der Waals surface area contributed by atoms with Crippen molar-refractivity contribution < 1.29 is 35.9 Å². The van der Waals surface area contributed by atoms with Gasteiger partial charge in [-0.3, -0.25) is 9.80 Å². The summed E-state index contributed by atoms with van der Waals surface area (Å²) in [6, 6.07) is 6.61. The summed E-state index contributed by atoms with van der Waals surface area (Å²) in [5.41, 5.74) is -0.460. The fraction of sp³-hybridized carbons (Fsp3) is 0.500. The van der Waals surface area contributed by atoms with Gasteiger partial charge in [-0.05, 0) is 76.1 Å². The van der Waals surface area contributed by atoms with Gasteiger partial charge in [0.25, 0.3) is 0 Å². The maximum Gasteiger partial charge on any atom is 0.416 e. The number of nitrogens with zero attached hydrogens (tertiary/aromatic N) is 2. The Balaban J connectivity index is 2.01. The second kappa shape index (κ2) is 10.3. The Morgan fingerprint density at radius 1 is 1.06 bits per heavy atom. The summed E-state index contributed by atoms with van der Waals surface area (Å²) in [4.78, 5) is 16.3. The van der Waals surface area contributed by atoms with Crippen LogP contribution in [0.3, 0.4) is 0 Å². The lowest BCUT2D eigenvalue weighted by molar-refractivity contribution is -0.143. The lowest BCUT2D eigenvalue weighted by Gasteiger charge is -2.43. The Morgan fingerprint density at radius 3 is 2.14 bits per heavy atom. The number of carbonyl (C=O) groups excluding carboxylic acids is 1. The standard InChI is InChI=1S/C26H30F6N2O2/c1-6-20-13-23(21-9-16(4)7-8-22(21)34(20)24(35)36-15(2)3)33(5)14-17-10-18(25(27,28)29)12-19(11-17)26(30,31)32/h7-12,15,20,23H,6,13-14H2,1-5H3/t20-,23+/m1/s1. The van der Waals surface area contributed by atoms with E-state index >= 15 is 0 Å². The number of benzene rings is 2. The Hall–Kier alpha value is -2.75. The molecule has 2 aromatic rings. The minimum Gasteiger partial charge on any atom is -0.446 e. The Labute approximate surface area is 206 Å². The van der Waals surface area contributed by atoms with Crippen molar-refractivity contribution in [3.05, 3.63) is 64.2 Å². The van der Waals surface area contributed by atoms with Crippen molar-refractivity contribution in [2.24, 2.45) is 0 Å². The van der Waals surface area contributed by atoms with Gasteiger partial charge in [0.2, 0.25) is 0 Å². The van der Waals surface area contributed by atoms with Crippen LogP contribution >= 0.6 is 0 Å². The number of alkyl halides is 6. The average Bonchev–Trinajstić information content (AvgIpc) is 2.75. The van der Waals surface area contributed by atoms with E-state index in [-0.39, 0.29) is 36.4 Å². The average molecular weight is 517 g/mol. The normalized spacial score (nSPS) is 18.5. The van der Waals surface area contributed by atoms with Gasteiger partial charge in [-0.2, -0.15) is 26.3 Å². The van der Waals surface area contributed by atoms with E-state index in [0.29, 0.717) is 18.5 Å². The largest absolute Gasteiger partial charge is 0.446 e. The Bertz CT molecular complexity index is 1060. The monoisotopic (exact) mass is 516 g/mol. The molecule has 0 saturated carbocycles. The predicted octanol–water partition coefficient (Wildman–Crippen LogP) is 7.74. The molecule has 198 valence electrons. The van der Waals surface area contributed by atoms with E-state index in [0.717, 1.165) is 23.3 Å². The van der Waals surface area contributed by atoms with E-state index in [4.69, 9.17) is 4.74 Å². The molecule has 10 heteroatoms. The summed E-state index contributed by atoms with van der Waals surface area (Å²) >= 11 is 0. The molecule has 3 rings (SSSR count). The summed E-state index contributed by atoms with van der Waals surface area (Å²) in [5, 5.41) is 0. The molecule has 0 bridgehead atoms. The first kappa shape index (κ1) is 27.8. The molecule has 1 heterocycles. The molecule has 4 nitrogen and oxygen atoms in total. The van der Waals surface area contributed by atoms with Gasteiger partial charge in [-0.1, -0.05) is 24.6 Å². The van der Waals surface area contributed by atoms with Gasteiger partial charge in [0.15, 0.2) is 0 Å². The van der Waals surface area contributed by atoms with E-state index in [1.807, 2.05) is 26.0 Å². The number of amides is 1. The zero-order valence-electron chi connectivity index (χ0n) is 20.8. The maximum absolute atomic E-state index is 13.3. The van der Waals surface area contributed by atoms with E-state index < -0.39 is 29.6 Å². The number of aryl methyl sites for hydroxylation is 1. The second-order valence-corrected chi connectivity index (χ2v) is 9.51. The highest BCUT2D eigenvalue weighted by Crippen LogP contribution is 2.43. The van der Waals surface area contributed by atoms with Crippen molar-refractivity contribution in [2.75, 3.05) is 11.9 Å². The third-order valence-corrected chi connectivity index (χ3v) is 6.28. The number of ether oxygens (including phenoxy) is 1. The third kappa shape index (κ3) is 6.14. The fourth-order valence-electron chi connectivity index (χ4n) is 4.63. The van der Waals surface area contributed by atoms with Gasteiger partial charge >= 0.3 is 18.4 Å². The number of anilines is 1. The molecule has 0 unspecified atom stereocenters. The van der Waals surface area contributed by atoms with E-state index in [1.54, 1.807) is 36.8 Å². The zero-order valence-corrected chi connectivity index (χ0v) is 20.8. The van der Waals surface area contributed by atoms with E-state index in [9.17, 15) is 31.1 Å². The zero-order chi connectivity index (χ0) is 27.0. The van der Waals surface area contributed by atoms with Gasteiger partial charge in [0.1, 0.15) is 0 Å². The summed E-state index contributed by atoms with van der Waals surface area (Å²) in [6.07, 6.45) is -9.60. The molecule has 1 aliphatic rings. The Kier molecular flexibility index (Phi) is 7.98. The lowest BCUT2D eigenvalue weighted by Crippen LogP contribution is -2.47. The summed E-state index contributed by atoms with van der Waals surface area (Å²) in [6.45, 7) is 7.15. The summed E-state index contributed by atoms with van der Waals surface area (Å²) in [5.74, 6) is 0. The van der Waals surface area contributed by atoms with Crippen LogP contribution in [-0.2, 0) is 23.6 Å². The molecule has 2 atom stereocenters. The van der Waals surface area contributed by atoms with Crippen molar-refractivity contribution >= 4 is 11.8 Å². The van der Waals surface area contributed by atoms with Crippen LogP contribution in [0.2, 0.25) is 0 Å². The van der Waals surface area contributed by atoms with Crippen molar-refractivity contribution in [2.45, 2.75) is 77.6 Å². The molecule has 0 fully saturated rings. The number of rotatable bonds is 5.